The molecule has 1 N–H and O–H groups in total. The normalized spacial score (nSPS) is 12.8. The van der Waals surface area contributed by atoms with Crippen molar-refractivity contribution in [2.75, 3.05) is 33.4 Å². The molecule has 0 saturated heterocycles. The lowest BCUT2D eigenvalue weighted by molar-refractivity contribution is -0.216. The fraction of sp³-hybridized carbons (Fsp3) is 0.333. The first kappa shape index (κ1) is 21.9. The standard InChI is InChI=1S/C18H18ClF3N4O4/c1-27-9-30-13-8-23-14(19)6-11(13)25-12-7-24-26-5-4-10(16(28-2)15(12)26)17(29-3)18(20,21)22/h4-8,17H,9H2,1-3H3,(H,23,25)/t17-/m0/s1. The average molecular weight is 447 g/mol. The van der Waals surface area contributed by atoms with Gasteiger partial charge >= 0.3 is 6.18 Å². The number of alkyl halides is 3. The van der Waals surface area contributed by atoms with Crippen molar-refractivity contribution in [1.82, 2.24) is 14.6 Å². The fourth-order valence-electron chi connectivity index (χ4n) is 2.91. The van der Waals surface area contributed by atoms with Crippen LogP contribution in [0, 0.1) is 0 Å². The SMILES string of the molecule is COCOc1cnc(Cl)cc1Nc1cnn2ccc([C@H](OC)C(F)(F)F)c(OC)c12. The summed E-state index contributed by atoms with van der Waals surface area (Å²) in [4.78, 5) is 3.95. The molecular formula is C18H18ClF3N4O4. The Morgan fingerprint density at radius 1 is 1.20 bits per heavy atom. The monoisotopic (exact) mass is 446 g/mol. The van der Waals surface area contributed by atoms with Crippen molar-refractivity contribution in [2.45, 2.75) is 12.3 Å². The number of aromatic nitrogens is 3. The lowest BCUT2D eigenvalue weighted by atomic mass is 10.1. The van der Waals surface area contributed by atoms with Gasteiger partial charge in [-0.1, -0.05) is 11.6 Å². The zero-order valence-corrected chi connectivity index (χ0v) is 16.9. The van der Waals surface area contributed by atoms with Crippen LogP contribution in [-0.2, 0) is 9.47 Å². The zero-order chi connectivity index (χ0) is 21.9. The van der Waals surface area contributed by atoms with Crippen molar-refractivity contribution < 1.29 is 32.1 Å². The minimum Gasteiger partial charge on any atom is -0.494 e. The number of nitrogens with zero attached hydrogens (tertiary/aromatic N) is 3. The van der Waals surface area contributed by atoms with E-state index in [1.807, 2.05) is 0 Å². The van der Waals surface area contributed by atoms with Gasteiger partial charge in [0.05, 0.1) is 30.9 Å². The van der Waals surface area contributed by atoms with Crippen LogP contribution in [0.25, 0.3) is 5.52 Å². The number of rotatable bonds is 8. The highest BCUT2D eigenvalue weighted by Gasteiger charge is 2.43. The number of hydrogen-bond acceptors (Lipinski definition) is 7. The van der Waals surface area contributed by atoms with E-state index in [2.05, 4.69) is 15.4 Å². The number of methoxy groups -OCH3 is 3. The molecular weight excluding hydrogens is 429 g/mol. The quantitative estimate of drug-likeness (QED) is 0.406. The molecule has 0 saturated carbocycles. The molecule has 0 amide bonds. The molecule has 0 spiro atoms. The maximum Gasteiger partial charge on any atom is 0.418 e. The molecule has 1 atom stereocenters. The van der Waals surface area contributed by atoms with E-state index in [-0.39, 0.29) is 28.8 Å². The predicted molar refractivity (Wildman–Crippen MR) is 103 cm³/mol. The van der Waals surface area contributed by atoms with Gasteiger partial charge in [-0.25, -0.2) is 9.50 Å². The topological polar surface area (TPSA) is 79.1 Å². The highest BCUT2D eigenvalue weighted by Crippen LogP contribution is 2.43. The molecule has 0 unspecified atom stereocenters. The van der Waals surface area contributed by atoms with Crippen LogP contribution < -0.4 is 14.8 Å². The van der Waals surface area contributed by atoms with E-state index in [9.17, 15) is 13.2 Å². The van der Waals surface area contributed by atoms with E-state index in [0.717, 1.165) is 7.11 Å². The Kier molecular flexibility index (Phi) is 6.54. The second-order valence-corrected chi connectivity index (χ2v) is 6.38. The van der Waals surface area contributed by atoms with Crippen LogP contribution in [0.4, 0.5) is 24.5 Å². The number of nitrogens with one attached hydrogen (secondary N) is 1. The molecule has 0 aliphatic carbocycles. The highest BCUT2D eigenvalue weighted by atomic mass is 35.5. The molecule has 0 bridgehead atoms. The van der Waals surface area contributed by atoms with Crippen LogP contribution in [0.2, 0.25) is 5.15 Å². The van der Waals surface area contributed by atoms with Gasteiger partial charge in [0.2, 0.25) is 0 Å². The molecule has 3 rings (SSSR count). The van der Waals surface area contributed by atoms with E-state index in [1.165, 1.54) is 49.5 Å². The van der Waals surface area contributed by atoms with Crippen molar-refractivity contribution in [3.8, 4) is 11.5 Å². The molecule has 8 nitrogen and oxygen atoms in total. The van der Waals surface area contributed by atoms with Crippen LogP contribution in [0.3, 0.4) is 0 Å². The highest BCUT2D eigenvalue weighted by molar-refractivity contribution is 6.29. The van der Waals surface area contributed by atoms with Crippen LogP contribution in [0.1, 0.15) is 11.7 Å². The molecule has 0 fully saturated rings. The molecule has 3 aromatic rings. The van der Waals surface area contributed by atoms with Gasteiger partial charge in [0, 0.05) is 32.0 Å². The van der Waals surface area contributed by atoms with Crippen molar-refractivity contribution >= 4 is 28.5 Å². The van der Waals surface area contributed by atoms with Crippen LogP contribution in [-0.4, -0.2) is 48.9 Å². The molecule has 3 aromatic heterocycles. The molecule has 0 aromatic carbocycles. The van der Waals surface area contributed by atoms with Gasteiger partial charge in [0.15, 0.2) is 24.4 Å². The lowest BCUT2D eigenvalue weighted by Gasteiger charge is -2.22. The average Bonchev–Trinajstić information content (AvgIpc) is 3.10. The number of pyridine rings is 2. The number of anilines is 2. The largest absolute Gasteiger partial charge is 0.494 e. The Hall–Kier alpha value is -2.76. The van der Waals surface area contributed by atoms with Gasteiger partial charge < -0.3 is 24.3 Å². The summed E-state index contributed by atoms with van der Waals surface area (Å²) in [7, 11) is 3.71. The van der Waals surface area contributed by atoms with Gasteiger partial charge in [-0.05, 0) is 6.07 Å². The summed E-state index contributed by atoms with van der Waals surface area (Å²) in [5.41, 5.74) is 0.850. The van der Waals surface area contributed by atoms with Gasteiger partial charge in [-0.3, -0.25) is 0 Å². The minimum absolute atomic E-state index is 0.0404. The van der Waals surface area contributed by atoms with Crippen molar-refractivity contribution in [3.63, 3.8) is 0 Å². The van der Waals surface area contributed by atoms with Crippen molar-refractivity contribution in [3.05, 3.63) is 41.4 Å². The Morgan fingerprint density at radius 2 is 1.97 bits per heavy atom. The van der Waals surface area contributed by atoms with Crippen LogP contribution in [0.15, 0.2) is 30.7 Å². The smallest absolute Gasteiger partial charge is 0.418 e. The van der Waals surface area contributed by atoms with Crippen molar-refractivity contribution in [2.24, 2.45) is 0 Å². The summed E-state index contributed by atoms with van der Waals surface area (Å²) in [5.74, 6) is 0.280. The van der Waals surface area contributed by atoms with E-state index >= 15 is 0 Å². The molecule has 30 heavy (non-hydrogen) atoms. The Labute approximate surface area is 174 Å². The summed E-state index contributed by atoms with van der Waals surface area (Å²) in [6, 6.07) is 2.75. The van der Waals surface area contributed by atoms with E-state index in [0.29, 0.717) is 17.1 Å². The van der Waals surface area contributed by atoms with Crippen molar-refractivity contribution in [1.29, 1.82) is 0 Å². The lowest BCUT2D eigenvalue weighted by Crippen LogP contribution is -2.23. The maximum atomic E-state index is 13.4. The van der Waals surface area contributed by atoms with Gasteiger partial charge in [0.1, 0.15) is 10.7 Å². The Bertz CT molecular complexity index is 1030. The third-order valence-electron chi connectivity index (χ3n) is 4.12. The van der Waals surface area contributed by atoms with Gasteiger partial charge in [-0.15, -0.1) is 0 Å². The number of hydrogen-bond donors (Lipinski definition) is 1. The predicted octanol–water partition coefficient (Wildman–Crippen LogP) is 4.37. The number of fused-ring (bicyclic) bond motifs is 1. The fourth-order valence-corrected chi connectivity index (χ4v) is 3.07. The second-order valence-electron chi connectivity index (χ2n) is 5.99. The van der Waals surface area contributed by atoms with E-state index in [1.54, 1.807) is 0 Å². The van der Waals surface area contributed by atoms with Crippen LogP contribution in [0.5, 0.6) is 11.5 Å². The van der Waals surface area contributed by atoms with Crippen LogP contribution >= 0.6 is 11.6 Å². The molecule has 162 valence electrons. The number of halogens is 4. The van der Waals surface area contributed by atoms with E-state index < -0.39 is 12.3 Å². The first-order valence-corrected chi connectivity index (χ1v) is 8.86. The molecule has 3 heterocycles. The minimum atomic E-state index is -4.63. The third kappa shape index (κ3) is 4.37. The molecule has 12 heteroatoms. The summed E-state index contributed by atoms with van der Waals surface area (Å²) < 4.78 is 62.1. The summed E-state index contributed by atoms with van der Waals surface area (Å²) in [6.07, 6.45) is -2.59. The second kappa shape index (κ2) is 8.94. The van der Waals surface area contributed by atoms with Gasteiger partial charge in [0.25, 0.3) is 0 Å². The number of ether oxygens (including phenoxy) is 4. The zero-order valence-electron chi connectivity index (χ0n) is 16.2. The van der Waals surface area contributed by atoms with E-state index in [4.69, 9.17) is 30.5 Å². The molecule has 0 radical (unpaired) electrons. The Balaban J connectivity index is 2.11. The third-order valence-corrected chi connectivity index (χ3v) is 4.33. The Morgan fingerprint density at radius 3 is 2.60 bits per heavy atom. The first-order valence-electron chi connectivity index (χ1n) is 8.48. The summed E-state index contributed by atoms with van der Waals surface area (Å²) in [6.45, 7) is -0.0404. The maximum absolute atomic E-state index is 13.4. The first-order chi connectivity index (χ1) is 14.3. The van der Waals surface area contributed by atoms with Gasteiger partial charge in [-0.2, -0.15) is 18.3 Å². The summed E-state index contributed by atoms with van der Waals surface area (Å²) in [5, 5.41) is 7.40. The molecule has 0 aliphatic rings. The summed E-state index contributed by atoms with van der Waals surface area (Å²) >= 11 is 5.98. The molecule has 0 aliphatic heterocycles.